The Morgan fingerprint density at radius 3 is 2.58 bits per heavy atom. The molecule has 7 nitrogen and oxygen atoms in total. The lowest BCUT2D eigenvalue weighted by atomic mass is 10.0. The van der Waals surface area contributed by atoms with E-state index in [4.69, 9.17) is 4.74 Å². The van der Waals surface area contributed by atoms with Crippen molar-refractivity contribution in [1.29, 1.82) is 0 Å². The molecule has 180 valence electrons. The number of benzene rings is 1. The van der Waals surface area contributed by atoms with Crippen LogP contribution in [0.3, 0.4) is 0 Å². The van der Waals surface area contributed by atoms with Crippen LogP contribution < -0.4 is 5.32 Å². The highest BCUT2D eigenvalue weighted by Gasteiger charge is 2.30. The lowest BCUT2D eigenvalue weighted by Gasteiger charge is -2.30. The minimum Gasteiger partial charge on any atom is -0.462 e. The molecule has 2 heterocycles. The van der Waals surface area contributed by atoms with Crippen LogP contribution in [0.25, 0.3) is 0 Å². The van der Waals surface area contributed by atoms with Gasteiger partial charge < -0.3 is 10.1 Å². The van der Waals surface area contributed by atoms with Crippen molar-refractivity contribution < 1.29 is 27.1 Å². The first kappa shape index (κ1) is 25.3. The number of carbonyl (C=O) groups is 2. The number of fused-ring (bicyclic) bond motifs is 1. The Morgan fingerprint density at radius 2 is 1.94 bits per heavy atom. The standard InChI is InChI=1S/C23H29FN2O5S2/c1-4-31-23(28)21-18-11-12-26(15(2)3)14-19(18)32-22(21)25-20(27)6-5-13-33(29,30)17-9-7-16(24)8-10-17/h7-10,15H,4-6,11-14H2,1-3H3,(H,25,27). The molecular weight excluding hydrogens is 467 g/mol. The Labute approximate surface area is 197 Å². The summed E-state index contributed by atoms with van der Waals surface area (Å²) in [6.45, 7) is 7.73. The third-order valence-electron chi connectivity index (χ3n) is 5.54. The molecule has 0 radical (unpaired) electrons. The van der Waals surface area contributed by atoms with Crippen molar-refractivity contribution in [3.05, 3.63) is 46.1 Å². The minimum absolute atomic E-state index is 0.0227. The number of halogens is 1. The SMILES string of the molecule is CCOC(=O)c1c(NC(=O)CCCS(=O)(=O)c2ccc(F)cc2)sc2c1CCN(C(C)C)C2. The molecule has 0 atom stereocenters. The van der Waals surface area contributed by atoms with Gasteiger partial charge in [-0.05, 0) is 63.4 Å². The summed E-state index contributed by atoms with van der Waals surface area (Å²) in [7, 11) is -3.61. The zero-order valence-corrected chi connectivity index (χ0v) is 20.7. The molecule has 0 unspecified atom stereocenters. The van der Waals surface area contributed by atoms with Gasteiger partial charge in [-0.2, -0.15) is 0 Å². The van der Waals surface area contributed by atoms with E-state index in [1.165, 1.54) is 23.5 Å². The summed E-state index contributed by atoms with van der Waals surface area (Å²) in [4.78, 5) is 28.6. The Morgan fingerprint density at radius 1 is 1.24 bits per heavy atom. The van der Waals surface area contributed by atoms with Crippen molar-refractivity contribution in [2.45, 2.75) is 57.5 Å². The van der Waals surface area contributed by atoms with Crippen LogP contribution in [-0.4, -0.2) is 50.1 Å². The number of anilines is 1. The third kappa shape index (κ3) is 6.18. The lowest BCUT2D eigenvalue weighted by molar-refractivity contribution is -0.116. The molecule has 0 spiro atoms. The quantitative estimate of drug-likeness (QED) is 0.416. The van der Waals surface area contributed by atoms with Crippen molar-refractivity contribution in [2.24, 2.45) is 0 Å². The number of hydrogen-bond acceptors (Lipinski definition) is 7. The summed E-state index contributed by atoms with van der Waals surface area (Å²) < 4.78 is 43.1. The van der Waals surface area contributed by atoms with Crippen molar-refractivity contribution in [3.63, 3.8) is 0 Å². The summed E-state index contributed by atoms with van der Waals surface area (Å²) in [6.07, 6.45) is 0.778. The van der Waals surface area contributed by atoms with E-state index in [0.29, 0.717) is 29.6 Å². The topological polar surface area (TPSA) is 92.8 Å². The number of ether oxygens (including phenoxy) is 1. The van der Waals surface area contributed by atoms with Gasteiger partial charge in [0.05, 0.1) is 22.8 Å². The molecule has 0 saturated heterocycles. The molecule has 1 aliphatic rings. The number of sulfone groups is 1. The number of amides is 1. The maximum atomic E-state index is 13.0. The zero-order valence-electron chi connectivity index (χ0n) is 19.0. The second-order valence-corrected chi connectivity index (χ2v) is 11.4. The number of rotatable bonds is 9. The third-order valence-corrected chi connectivity index (χ3v) is 8.49. The van der Waals surface area contributed by atoms with Gasteiger partial charge in [0.1, 0.15) is 10.8 Å². The van der Waals surface area contributed by atoms with E-state index < -0.39 is 21.6 Å². The predicted molar refractivity (Wildman–Crippen MR) is 126 cm³/mol. The van der Waals surface area contributed by atoms with Crippen LogP contribution in [0.2, 0.25) is 0 Å². The van der Waals surface area contributed by atoms with Gasteiger partial charge in [0.25, 0.3) is 0 Å². The summed E-state index contributed by atoms with van der Waals surface area (Å²) in [5, 5.41) is 3.25. The number of nitrogens with zero attached hydrogens (tertiary/aromatic N) is 1. The first-order chi connectivity index (χ1) is 15.6. The van der Waals surface area contributed by atoms with Gasteiger partial charge in [0.2, 0.25) is 5.91 Å². The number of thiophene rings is 1. The minimum atomic E-state index is -3.61. The van der Waals surface area contributed by atoms with Crippen LogP contribution in [0.4, 0.5) is 9.39 Å². The molecule has 1 aromatic heterocycles. The maximum Gasteiger partial charge on any atom is 0.341 e. The van der Waals surface area contributed by atoms with Gasteiger partial charge >= 0.3 is 5.97 Å². The second kappa shape index (κ2) is 10.8. The Hall–Kier alpha value is -2.30. The molecule has 0 bridgehead atoms. The molecule has 0 fully saturated rings. The van der Waals surface area contributed by atoms with E-state index in [2.05, 4.69) is 24.1 Å². The van der Waals surface area contributed by atoms with E-state index in [0.717, 1.165) is 29.1 Å². The van der Waals surface area contributed by atoms with E-state index >= 15 is 0 Å². The molecule has 1 amide bonds. The Balaban J connectivity index is 1.68. The summed E-state index contributed by atoms with van der Waals surface area (Å²) in [5.41, 5.74) is 1.33. The number of esters is 1. The normalized spacial score (nSPS) is 14.2. The maximum absolute atomic E-state index is 13.0. The van der Waals surface area contributed by atoms with Gasteiger partial charge in [-0.25, -0.2) is 17.6 Å². The van der Waals surface area contributed by atoms with Gasteiger partial charge in [0.15, 0.2) is 9.84 Å². The zero-order chi connectivity index (χ0) is 24.2. The molecule has 3 rings (SSSR count). The number of hydrogen-bond donors (Lipinski definition) is 1. The van der Waals surface area contributed by atoms with Crippen LogP contribution in [0.5, 0.6) is 0 Å². The van der Waals surface area contributed by atoms with Crippen molar-refractivity contribution >= 4 is 38.1 Å². The fourth-order valence-electron chi connectivity index (χ4n) is 3.74. The molecule has 10 heteroatoms. The molecule has 1 aliphatic heterocycles. The van der Waals surface area contributed by atoms with E-state index in [1.54, 1.807) is 6.92 Å². The fourth-order valence-corrected chi connectivity index (χ4v) is 6.33. The average Bonchev–Trinajstić information content (AvgIpc) is 3.10. The number of nitrogens with one attached hydrogen (secondary N) is 1. The smallest absolute Gasteiger partial charge is 0.341 e. The monoisotopic (exact) mass is 496 g/mol. The number of carbonyl (C=O) groups excluding carboxylic acids is 2. The van der Waals surface area contributed by atoms with E-state index in [1.807, 2.05) is 0 Å². The molecule has 0 saturated carbocycles. The Bertz CT molecular complexity index is 1110. The van der Waals surface area contributed by atoms with Crippen molar-refractivity contribution in [1.82, 2.24) is 4.90 Å². The van der Waals surface area contributed by atoms with Crippen LogP contribution in [0, 0.1) is 5.82 Å². The first-order valence-corrected chi connectivity index (χ1v) is 13.4. The van der Waals surface area contributed by atoms with Gasteiger partial charge in [0, 0.05) is 30.4 Å². The molecule has 1 aromatic carbocycles. The van der Waals surface area contributed by atoms with Crippen LogP contribution in [0.1, 0.15) is 54.4 Å². The van der Waals surface area contributed by atoms with Gasteiger partial charge in [-0.1, -0.05) is 0 Å². The Kier molecular flexibility index (Phi) is 8.25. The second-order valence-electron chi connectivity index (χ2n) is 8.17. The molecule has 33 heavy (non-hydrogen) atoms. The average molecular weight is 497 g/mol. The lowest BCUT2D eigenvalue weighted by Crippen LogP contribution is -2.35. The molecular formula is C23H29FN2O5S2. The van der Waals surface area contributed by atoms with Gasteiger partial charge in [-0.15, -0.1) is 11.3 Å². The van der Waals surface area contributed by atoms with Crippen LogP contribution in [-0.2, 0) is 32.3 Å². The highest BCUT2D eigenvalue weighted by atomic mass is 32.2. The van der Waals surface area contributed by atoms with Gasteiger partial charge in [-0.3, -0.25) is 9.69 Å². The van der Waals surface area contributed by atoms with Crippen molar-refractivity contribution in [2.75, 3.05) is 24.2 Å². The molecule has 0 aliphatic carbocycles. The van der Waals surface area contributed by atoms with Crippen molar-refractivity contribution in [3.8, 4) is 0 Å². The summed E-state index contributed by atoms with van der Waals surface area (Å²) in [5.74, 6) is -1.57. The largest absolute Gasteiger partial charge is 0.462 e. The van der Waals surface area contributed by atoms with Crippen LogP contribution in [0.15, 0.2) is 29.2 Å². The van der Waals surface area contributed by atoms with Crippen LogP contribution >= 0.6 is 11.3 Å². The fraction of sp³-hybridized carbons (Fsp3) is 0.478. The predicted octanol–water partition coefficient (Wildman–Crippen LogP) is 4.02. The summed E-state index contributed by atoms with van der Waals surface area (Å²) in [6, 6.07) is 4.98. The molecule has 1 N–H and O–H groups in total. The van der Waals surface area contributed by atoms with E-state index in [9.17, 15) is 22.4 Å². The summed E-state index contributed by atoms with van der Waals surface area (Å²) >= 11 is 1.37. The first-order valence-electron chi connectivity index (χ1n) is 11.0. The molecule has 2 aromatic rings. The highest BCUT2D eigenvalue weighted by Crippen LogP contribution is 2.38. The van der Waals surface area contributed by atoms with E-state index in [-0.39, 0.29) is 36.0 Å². The highest BCUT2D eigenvalue weighted by molar-refractivity contribution is 7.91.